The highest BCUT2D eigenvalue weighted by molar-refractivity contribution is 7.59. The number of fused-ring (bicyclic) bond motifs is 1. The Morgan fingerprint density at radius 3 is 2.58 bits per heavy atom. The van der Waals surface area contributed by atoms with Gasteiger partial charge in [0.15, 0.2) is 0 Å². The Labute approximate surface area is 120 Å². The van der Waals surface area contributed by atoms with E-state index in [2.05, 4.69) is 36.1 Å². The average molecular weight is 279 g/mol. The third-order valence-electron chi connectivity index (χ3n) is 2.71. The molecule has 0 fully saturated rings. The van der Waals surface area contributed by atoms with Crippen molar-refractivity contribution >= 4 is 24.5 Å². The molecular weight excluding hydrogens is 258 g/mol. The van der Waals surface area contributed by atoms with Crippen molar-refractivity contribution in [1.29, 1.82) is 0 Å². The molecule has 0 spiro atoms. The van der Waals surface area contributed by atoms with Crippen LogP contribution in [0.4, 0.5) is 0 Å². The Morgan fingerprint density at radius 1 is 1.21 bits per heavy atom. The minimum atomic E-state index is -0.579. The van der Waals surface area contributed by atoms with Crippen LogP contribution in [0.15, 0.2) is 30.6 Å². The molecule has 19 heavy (non-hydrogen) atoms. The van der Waals surface area contributed by atoms with Crippen LogP contribution in [-0.2, 0) is 0 Å². The number of rotatable bonds is 3. The van der Waals surface area contributed by atoms with Crippen molar-refractivity contribution in [2.45, 2.75) is 32.4 Å². The molecule has 0 saturated carbocycles. The first-order valence-corrected chi connectivity index (χ1v) is 6.10. The maximum absolute atomic E-state index is 10.3. The molecule has 104 valence electrons. The van der Waals surface area contributed by atoms with E-state index in [9.17, 15) is 5.11 Å². The number of hydrogen-bond donors (Lipinski definition) is 2. The minimum Gasteiger partial charge on any atom is -0.387 e. The summed E-state index contributed by atoms with van der Waals surface area (Å²) in [7, 11) is 0. The zero-order chi connectivity index (χ0) is 13.2. The van der Waals surface area contributed by atoms with Crippen LogP contribution in [-0.4, -0.2) is 27.2 Å². The summed E-state index contributed by atoms with van der Waals surface area (Å²) < 4.78 is 0. The van der Waals surface area contributed by atoms with E-state index in [1.54, 1.807) is 12.4 Å². The van der Waals surface area contributed by atoms with E-state index in [1.165, 1.54) is 0 Å². The monoisotopic (exact) mass is 279 g/mol. The van der Waals surface area contributed by atoms with Crippen LogP contribution in [0, 0.1) is 0 Å². The Hall–Kier alpha value is -1.17. The lowest BCUT2D eigenvalue weighted by atomic mass is 10.0. The smallest absolute Gasteiger partial charge is 0.0945 e. The summed E-state index contributed by atoms with van der Waals surface area (Å²) in [6.45, 7) is 6.72. The van der Waals surface area contributed by atoms with E-state index in [4.69, 9.17) is 0 Å². The van der Waals surface area contributed by atoms with Crippen LogP contribution in [0.3, 0.4) is 0 Å². The van der Waals surface area contributed by atoms with Crippen molar-refractivity contribution in [3.8, 4) is 0 Å². The largest absolute Gasteiger partial charge is 0.387 e. The SMILES string of the molecule is CC(C)(C)NC[C@@H](O)c1cccc2nccnc12.S. The van der Waals surface area contributed by atoms with E-state index in [0.717, 1.165) is 16.6 Å². The van der Waals surface area contributed by atoms with Gasteiger partial charge in [-0.3, -0.25) is 9.97 Å². The lowest BCUT2D eigenvalue weighted by Gasteiger charge is -2.23. The predicted molar refractivity (Wildman–Crippen MR) is 82.6 cm³/mol. The molecule has 0 amide bonds. The summed E-state index contributed by atoms with van der Waals surface area (Å²) in [5.41, 5.74) is 2.38. The number of β-amino-alcohol motifs (C(OH)–C–C–N with tert-alkyl or cyclic N) is 1. The first-order chi connectivity index (χ1) is 8.47. The topological polar surface area (TPSA) is 58.0 Å². The van der Waals surface area contributed by atoms with E-state index >= 15 is 0 Å². The van der Waals surface area contributed by atoms with Crippen LogP contribution in [0.1, 0.15) is 32.4 Å². The molecule has 5 heteroatoms. The zero-order valence-electron chi connectivity index (χ0n) is 11.5. The van der Waals surface area contributed by atoms with Gasteiger partial charge in [0.1, 0.15) is 0 Å². The third-order valence-corrected chi connectivity index (χ3v) is 2.71. The van der Waals surface area contributed by atoms with Gasteiger partial charge in [0, 0.05) is 30.0 Å². The van der Waals surface area contributed by atoms with Gasteiger partial charge in [0.2, 0.25) is 0 Å². The number of aromatic nitrogens is 2. The van der Waals surface area contributed by atoms with Gasteiger partial charge in [-0.1, -0.05) is 12.1 Å². The number of benzene rings is 1. The normalized spacial score (nSPS) is 13.1. The Kier molecular flexibility index (Phi) is 5.29. The molecule has 0 aliphatic heterocycles. The molecule has 0 aliphatic rings. The lowest BCUT2D eigenvalue weighted by molar-refractivity contribution is 0.164. The number of hydrogen-bond acceptors (Lipinski definition) is 4. The van der Waals surface area contributed by atoms with Crippen LogP contribution in [0.5, 0.6) is 0 Å². The van der Waals surface area contributed by atoms with Crippen LogP contribution in [0.25, 0.3) is 11.0 Å². The summed E-state index contributed by atoms with van der Waals surface area (Å²) in [5, 5.41) is 13.5. The fourth-order valence-electron chi connectivity index (χ4n) is 1.80. The van der Waals surface area contributed by atoms with Gasteiger partial charge in [0.05, 0.1) is 17.1 Å². The molecule has 4 nitrogen and oxygen atoms in total. The highest BCUT2D eigenvalue weighted by atomic mass is 32.1. The molecule has 0 saturated heterocycles. The van der Waals surface area contributed by atoms with Crippen LogP contribution in [0.2, 0.25) is 0 Å². The molecule has 1 atom stereocenters. The standard InChI is InChI=1S/C14H19N3O.H2S/c1-14(2,3)17-9-12(18)10-5-4-6-11-13(10)16-8-7-15-11;/h4-8,12,17-18H,9H2,1-3H3;1H2/t12-;/m1./s1. The van der Waals surface area contributed by atoms with Crippen molar-refractivity contribution in [3.63, 3.8) is 0 Å². The lowest BCUT2D eigenvalue weighted by Crippen LogP contribution is -2.38. The first-order valence-electron chi connectivity index (χ1n) is 6.10. The second-order valence-electron chi connectivity index (χ2n) is 5.42. The Morgan fingerprint density at radius 2 is 1.89 bits per heavy atom. The first kappa shape index (κ1) is 15.9. The molecule has 0 unspecified atom stereocenters. The third kappa shape index (κ3) is 4.16. The highest BCUT2D eigenvalue weighted by Gasteiger charge is 2.16. The molecular formula is C14H21N3OS. The van der Waals surface area contributed by atoms with Crippen LogP contribution >= 0.6 is 13.5 Å². The molecule has 2 rings (SSSR count). The molecule has 1 aromatic carbocycles. The molecule has 1 aromatic heterocycles. The summed E-state index contributed by atoms with van der Waals surface area (Å²) >= 11 is 0. The highest BCUT2D eigenvalue weighted by Crippen LogP contribution is 2.21. The summed E-state index contributed by atoms with van der Waals surface area (Å²) in [4.78, 5) is 8.54. The van der Waals surface area contributed by atoms with Crippen molar-refractivity contribution in [2.75, 3.05) is 6.54 Å². The van der Waals surface area contributed by atoms with Gasteiger partial charge < -0.3 is 10.4 Å². The maximum atomic E-state index is 10.3. The summed E-state index contributed by atoms with van der Waals surface area (Å²) in [6.07, 6.45) is 2.73. The van der Waals surface area contributed by atoms with Crippen molar-refractivity contribution in [2.24, 2.45) is 0 Å². The van der Waals surface area contributed by atoms with Gasteiger partial charge in [-0.25, -0.2) is 0 Å². The van der Waals surface area contributed by atoms with E-state index in [-0.39, 0.29) is 19.0 Å². The molecule has 2 aromatic rings. The van der Waals surface area contributed by atoms with Gasteiger partial charge in [-0.2, -0.15) is 13.5 Å². The number of para-hydroxylation sites is 1. The molecule has 0 radical (unpaired) electrons. The number of aliphatic hydroxyl groups is 1. The Balaban J connectivity index is 0.00000180. The second kappa shape index (κ2) is 6.32. The fourth-order valence-corrected chi connectivity index (χ4v) is 1.80. The number of nitrogens with one attached hydrogen (secondary N) is 1. The molecule has 1 heterocycles. The quantitative estimate of drug-likeness (QED) is 0.904. The fraction of sp³-hybridized carbons (Fsp3) is 0.429. The number of nitrogens with zero attached hydrogens (tertiary/aromatic N) is 2. The molecule has 2 N–H and O–H groups in total. The predicted octanol–water partition coefficient (Wildman–Crippen LogP) is 2.16. The second-order valence-corrected chi connectivity index (χ2v) is 5.42. The molecule has 0 aliphatic carbocycles. The van der Waals surface area contributed by atoms with Gasteiger partial charge in [-0.05, 0) is 26.8 Å². The molecule has 0 bridgehead atoms. The Bertz CT molecular complexity index is 534. The van der Waals surface area contributed by atoms with Gasteiger partial charge in [0.25, 0.3) is 0 Å². The maximum Gasteiger partial charge on any atom is 0.0945 e. The average Bonchev–Trinajstić information content (AvgIpc) is 2.34. The van der Waals surface area contributed by atoms with E-state index in [1.807, 2.05) is 18.2 Å². The summed E-state index contributed by atoms with van der Waals surface area (Å²) in [6, 6.07) is 5.69. The van der Waals surface area contributed by atoms with Crippen molar-refractivity contribution < 1.29 is 5.11 Å². The number of aliphatic hydroxyl groups excluding tert-OH is 1. The van der Waals surface area contributed by atoms with Crippen molar-refractivity contribution in [1.82, 2.24) is 15.3 Å². The van der Waals surface area contributed by atoms with E-state index < -0.39 is 6.10 Å². The van der Waals surface area contributed by atoms with Gasteiger partial charge in [-0.15, -0.1) is 0 Å². The summed E-state index contributed by atoms with van der Waals surface area (Å²) in [5.74, 6) is 0. The van der Waals surface area contributed by atoms with Crippen molar-refractivity contribution in [3.05, 3.63) is 36.2 Å². The zero-order valence-corrected chi connectivity index (χ0v) is 12.5. The van der Waals surface area contributed by atoms with Gasteiger partial charge >= 0.3 is 0 Å². The van der Waals surface area contributed by atoms with Crippen LogP contribution < -0.4 is 5.32 Å². The van der Waals surface area contributed by atoms with E-state index in [0.29, 0.717) is 6.54 Å². The minimum absolute atomic E-state index is 0.